The Morgan fingerprint density at radius 1 is 1.40 bits per heavy atom. The summed E-state index contributed by atoms with van der Waals surface area (Å²) in [6.07, 6.45) is 5.37. The molecule has 0 aliphatic heterocycles. The van der Waals surface area contributed by atoms with Gasteiger partial charge in [-0.05, 0) is 31.1 Å². The molecule has 0 N–H and O–H groups in total. The maximum atomic E-state index is 12.4. The Kier molecular flexibility index (Phi) is 2.50. The third-order valence-corrected chi connectivity index (χ3v) is 4.94. The number of carbonyl (C=O) groups excluding carboxylic acids is 1. The first-order valence-electron chi connectivity index (χ1n) is 5.74. The largest absolute Gasteiger partial charge is 0.298 e. The molecule has 0 spiro atoms. The van der Waals surface area contributed by atoms with Gasteiger partial charge in [-0.1, -0.05) is 38.4 Å². The van der Waals surface area contributed by atoms with E-state index in [1.807, 2.05) is 6.08 Å². The Morgan fingerprint density at radius 3 is 2.67 bits per heavy atom. The fourth-order valence-electron chi connectivity index (χ4n) is 3.58. The molecule has 3 aliphatic rings. The van der Waals surface area contributed by atoms with Crippen molar-refractivity contribution in [1.82, 2.24) is 0 Å². The van der Waals surface area contributed by atoms with Crippen LogP contribution in [0.25, 0.3) is 0 Å². The molecular formula is C13H19ClO. The number of Topliss-reactive ketones (excluding diaryl/α,β-unsaturated/α-hetero) is 1. The molecule has 0 aromatic carbocycles. The molecule has 3 unspecified atom stereocenters. The molecule has 3 saturated carbocycles. The van der Waals surface area contributed by atoms with Crippen molar-refractivity contribution in [2.75, 3.05) is 0 Å². The average Bonchev–Trinajstić information content (AvgIpc) is 2.18. The summed E-state index contributed by atoms with van der Waals surface area (Å²) in [4.78, 5) is 12.4. The van der Waals surface area contributed by atoms with Gasteiger partial charge in [0.1, 0.15) is 5.78 Å². The van der Waals surface area contributed by atoms with Crippen molar-refractivity contribution in [2.24, 2.45) is 22.7 Å². The van der Waals surface area contributed by atoms with Gasteiger partial charge in [0.2, 0.25) is 0 Å². The van der Waals surface area contributed by atoms with Gasteiger partial charge in [-0.15, -0.1) is 0 Å². The molecule has 3 rings (SSSR count). The summed E-state index contributed by atoms with van der Waals surface area (Å²) in [5.41, 5.74) is 1.30. The molecule has 0 aromatic rings. The number of allylic oxidation sites excluding steroid dienone is 1. The van der Waals surface area contributed by atoms with Crippen LogP contribution < -0.4 is 0 Å². The van der Waals surface area contributed by atoms with Crippen LogP contribution >= 0.6 is 11.6 Å². The van der Waals surface area contributed by atoms with Crippen LogP contribution in [-0.2, 0) is 4.79 Å². The number of fused-ring (bicyclic) bond motifs is 3. The molecule has 15 heavy (non-hydrogen) atoms. The standard InChI is InChI=1S/C13H19ClO/c1-12(2)9-4-6-13(3,11(12)15)10(8-9)5-7-14/h5,7,9-10H,4,6,8H2,1-3H3. The Bertz CT molecular complexity index is 318. The summed E-state index contributed by atoms with van der Waals surface area (Å²) < 4.78 is 0. The first kappa shape index (κ1) is 11.2. The van der Waals surface area contributed by atoms with Crippen molar-refractivity contribution >= 4 is 17.4 Å². The first-order valence-corrected chi connectivity index (χ1v) is 6.18. The summed E-state index contributed by atoms with van der Waals surface area (Å²) in [5.74, 6) is 1.34. The second kappa shape index (κ2) is 3.35. The van der Waals surface area contributed by atoms with E-state index < -0.39 is 0 Å². The van der Waals surface area contributed by atoms with Gasteiger partial charge >= 0.3 is 0 Å². The molecule has 3 atom stereocenters. The van der Waals surface area contributed by atoms with Crippen LogP contribution in [0, 0.1) is 22.7 Å². The minimum atomic E-state index is -0.163. The number of rotatable bonds is 1. The minimum absolute atomic E-state index is 0.121. The first-order chi connectivity index (χ1) is 6.93. The van der Waals surface area contributed by atoms with E-state index in [0.29, 0.717) is 17.6 Å². The van der Waals surface area contributed by atoms with E-state index in [2.05, 4.69) is 20.8 Å². The van der Waals surface area contributed by atoms with E-state index in [4.69, 9.17) is 11.6 Å². The molecule has 84 valence electrons. The monoisotopic (exact) mass is 226 g/mol. The topological polar surface area (TPSA) is 17.1 Å². The van der Waals surface area contributed by atoms with Crippen LogP contribution in [-0.4, -0.2) is 5.78 Å². The van der Waals surface area contributed by atoms with Crippen LogP contribution in [0.5, 0.6) is 0 Å². The van der Waals surface area contributed by atoms with Gasteiger partial charge in [-0.25, -0.2) is 0 Å². The van der Waals surface area contributed by atoms with Gasteiger partial charge in [-0.2, -0.15) is 0 Å². The molecular weight excluding hydrogens is 208 g/mol. The van der Waals surface area contributed by atoms with E-state index in [9.17, 15) is 4.79 Å². The molecule has 0 aromatic heterocycles. The van der Waals surface area contributed by atoms with Gasteiger partial charge in [-0.3, -0.25) is 4.79 Å². The van der Waals surface area contributed by atoms with Gasteiger partial charge in [0.05, 0.1) is 0 Å². The van der Waals surface area contributed by atoms with E-state index in [0.717, 1.165) is 12.8 Å². The zero-order valence-corrected chi connectivity index (χ0v) is 10.5. The molecule has 1 nitrogen and oxygen atoms in total. The lowest BCUT2D eigenvalue weighted by atomic mass is 9.47. The third-order valence-electron chi connectivity index (χ3n) is 4.80. The van der Waals surface area contributed by atoms with Crippen LogP contribution in [0.4, 0.5) is 0 Å². The summed E-state index contributed by atoms with van der Waals surface area (Å²) >= 11 is 5.66. The highest BCUT2D eigenvalue weighted by Gasteiger charge is 2.58. The van der Waals surface area contributed by atoms with Crippen LogP contribution in [0.15, 0.2) is 11.6 Å². The van der Waals surface area contributed by atoms with Crippen molar-refractivity contribution < 1.29 is 4.79 Å². The molecule has 0 saturated heterocycles. The highest BCUT2D eigenvalue weighted by molar-refractivity contribution is 6.25. The molecule has 3 fully saturated rings. The minimum Gasteiger partial charge on any atom is -0.298 e. The van der Waals surface area contributed by atoms with Crippen LogP contribution in [0.2, 0.25) is 0 Å². The SMILES string of the molecule is CC1(C)C(=O)C2(C)CCC1CC2C=CCl. The molecule has 0 radical (unpaired) electrons. The van der Waals surface area contributed by atoms with E-state index >= 15 is 0 Å². The smallest absolute Gasteiger partial charge is 0.145 e. The quantitative estimate of drug-likeness (QED) is 0.665. The van der Waals surface area contributed by atoms with Crippen molar-refractivity contribution in [2.45, 2.75) is 40.0 Å². The van der Waals surface area contributed by atoms with E-state index in [1.165, 1.54) is 6.42 Å². The Balaban J connectivity index is 2.39. The van der Waals surface area contributed by atoms with Gasteiger partial charge < -0.3 is 0 Å². The second-order valence-corrected chi connectivity index (χ2v) is 6.12. The predicted octanol–water partition coefficient (Wildman–Crippen LogP) is 3.77. The molecule has 3 aliphatic carbocycles. The number of halogens is 1. The zero-order chi connectivity index (χ0) is 11.3. The fourth-order valence-corrected chi connectivity index (χ4v) is 3.76. The lowest BCUT2D eigenvalue weighted by Gasteiger charge is -2.55. The Morgan fingerprint density at radius 2 is 2.07 bits per heavy atom. The van der Waals surface area contributed by atoms with Crippen molar-refractivity contribution in [1.29, 1.82) is 0 Å². The maximum absolute atomic E-state index is 12.4. The molecule has 0 amide bonds. The Hall–Kier alpha value is -0.300. The summed E-state index contributed by atoms with van der Waals surface area (Å²) in [6, 6.07) is 0. The highest BCUT2D eigenvalue weighted by Crippen LogP contribution is 2.58. The number of hydrogen-bond acceptors (Lipinski definition) is 1. The van der Waals surface area contributed by atoms with Gasteiger partial charge in [0.15, 0.2) is 0 Å². The normalized spacial score (nSPS) is 43.9. The van der Waals surface area contributed by atoms with Crippen LogP contribution in [0.1, 0.15) is 40.0 Å². The van der Waals surface area contributed by atoms with Crippen LogP contribution in [0.3, 0.4) is 0 Å². The third kappa shape index (κ3) is 1.39. The lowest BCUT2D eigenvalue weighted by Crippen LogP contribution is -2.56. The van der Waals surface area contributed by atoms with Crippen molar-refractivity contribution in [3.8, 4) is 0 Å². The number of ketones is 1. The Labute approximate surface area is 96.9 Å². The second-order valence-electron chi connectivity index (χ2n) is 5.86. The number of hydrogen-bond donors (Lipinski definition) is 0. The average molecular weight is 227 g/mol. The predicted molar refractivity (Wildman–Crippen MR) is 62.7 cm³/mol. The van der Waals surface area contributed by atoms with Crippen molar-refractivity contribution in [3.05, 3.63) is 11.6 Å². The van der Waals surface area contributed by atoms with Crippen molar-refractivity contribution in [3.63, 3.8) is 0 Å². The molecule has 2 bridgehead atoms. The summed E-state index contributed by atoms with van der Waals surface area (Å²) in [6.45, 7) is 6.34. The zero-order valence-electron chi connectivity index (χ0n) is 9.72. The highest BCUT2D eigenvalue weighted by atomic mass is 35.5. The maximum Gasteiger partial charge on any atom is 0.145 e. The number of carbonyl (C=O) groups is 1. The van der Waals surface area contributed by atoms with Gasteiger partial charge in [0, 0.05) is 16.4 Å². The summed E-state index contributed by atoms with van der Waals surface area (Å²) in [7, 11) is 0. The lowest BCUT2D eigenvalue weighted by molar-refractivity contribution is -0.157. The summed E-state index contributed by atoms with van der Waals surface area (Å²) in [5, 5.41) is 0. The van der Waals surface area contributed by atoms with E-state index in [-0.39, 0.29) is 10.8 Å². The molecule has 2 heteroatoms. The fraction of sp³-hybridized carbons (Fsp3) is 0.769. The van der Waals surface area contributed by atoms with E-state index in [1.54, 1.807) is 5.54 Å². The molecule has 0 heterocycles. The van der Waals surface area contributed by atoms with Gasteiger partial charge in [0.25, 0.3) is 0 Å².